The molecule has 0 fully saturated rings. The van der Waals surface area contributed by atoms with Crippen molar-refractivity contribution in [1.82, 2.24) is 15.4 Å². The average Bonchev–Trinajstić information content (AvgIpc) is 2.64. The second-order valence-corrected chi connectivity index (χ2v) is 5.74. The van der Waals surface area contributed by atoms with Gasteiger partial charge in [-0.2, -0.15) is 5.10 Å². The van der Waals surface area contributed by atoms with Crippen LogP contribution in [-0.2, 0) is 0 Å². The van der Waals surface area contributed by atoms with Crippen LogP contribution in [-0.4, -0.2) is 22.0 Å². The van der Waals surface area contributed by atoms with Crippen molar-refractivity contribution in [3.63, 3.8) is 0 Å². The van der Waals surface area contributed by atoms with Crippen molar-refractivity contribution in [2.24, 2.45) is 10.1 Å². The first-order valence-electron chi connectivity index (χ1n) is 7.37. The van der Waals surface area contributed by atoms with Crippen LogP contribution < -0.4 is 5.43 Å². The number of nitrogens with one attached hydrogen (secondary N) is 1. The van der Waals surface area contributed by atoms with E-state index < -0.39 is 0 Å². The van der Waals surface area contributed by atoms with Crippen LogP contribution in [0.25, 0.3) is 0 Å². The van der Waals surface area contributed by atoms with E-state index in [-0.39, 0.29) is 0 Å². The summed E-state index contributed by atoms with van der Waals surface area (Å²) in [4.78, 5) is 12.9. The maximum absolute atomic E-state index is 6.14. The highest BCUT2D eigenvalue weighted by Gasteiger charge is 2.05. The van der Waals surface area contributed by atoms with Gasteiger partial charge in [-0.25, -0.2) is 9.98 Å². The summed E-state index contributed by atoms with van der Waals surface area (Å²) in [6.07, 6.45) is 4.95. The van der Waals surface area contributed by atoms with Crippen molar-refractivity contribution in [2.75, 3.05) is 0 Å². The molecule has 0 aliphatic rings. The minimum Gasteiger partial charge on any atom is -0.259 e. The summed E-state index contributed by atoms with van der Waals surface area (Å²) in [5.41, 5.74) is 4.28. The second-order valence-electron chi connectivity index (χ2n) is 4.90. The Morgan fingerprint density at radius 2 is 1.76 bits per heavy atom. The Morgan fingerprint density at radius 3 is 2.44 bits per heavy atom. The third-order valence-corrected chi connectivity index (χ3v) is 3.68. The zero-order valence-corrected chi connectivity index (χ0v) is 14.5. The Bertz CT molecular complexity index is 896. The number of aliphatic imine (C=N–C) groups is 1. The first kappa shape index (κ1) is 17.1. The highest BCUT2D eigenvalue weighted by molar-refractivity contribution is 6.36. The van der Waals surface area contributed by atoms with Gasteiger partial charge in [0.15, 0.2) is 11.7 Å². The molecule has 124 valence electrons. The predicted molar refractivity (Wildman–Crippen MR) is 102 cm³/mol. The molecule has 1 N–H and O–H groups in total. The molecule has 25 heavy (non-hydrogen) atoms. The molecular weight excluding hydrogens is 357 g/mol. The van der Waals surface area contributed by atoms with E-state index in [2.05, 4.69) is 25.5 Å². The Kier molecular flexibility index (Phi) is 5.72. The lowest BCUT2D eigenvalue weighted by atomic mass is 10.2. The van der Waals surface area contributed by atoms with Crippen LogP contribution in [0.2, 0.25) is 10.0 Å². The molecule has 3 rings (SSSR count). The van der Waals surface area contributed by atoms with Crippen LogP contribution in [0.4, 0.5) is 5.82 Å². The van der Waals surface area contributed by atoms with Gasteiger partial charge in [-0.15, -0.1) is 0 Å². The van der Waals surface area contributed by atoms with Crippen LogP contribution in [0.15, 0.2) is 77.1 Å². The van der Waals surface area contributed by atoms with Crippen LogP contribution in [0, 0.1) is 0 Å². The maximum atomic E-state index is 6.14. The van der Waals surface area contributed by atoms with E-state index in [1.807, 2.05) is 30.3 Å². The molecule has 0 saturated heterocycles. The summed E-state index contributed by atoms with van der Waals surface area (Å²) in [6.45, 7) is 0. The monoisotopic (exact) mass is 369 g/mol. The van der Waals surface area contributed by atoms with Crippen molar-refractivity contribution in [3.05, 3.63) is 88.3 Å². The summed E-state index contributed by atoms with van der Waals surface area (Å²) in [7, 11) is 0. The van der Waals surface area contributed by atoms with Crippen LogP contribution in [0.5, 0.6) is 0 Å². The molecule has 0 amide bonds. The van der Waals surface area contributed by atoms with Crippen molar-refractivity contribution in [1.29, 1.82) is 0 Å². The molecule has 0 aliphatic carbocycles. The van der Waals surface area contributed by atoms with Gasteiger partial charge in [0.05, 0.1) is 11.2 Å². The highest BCUT2D eigenvalue weighted by Crippen LogP contribution is 2.19. The number of hydrogen-bond acceptors (Lipinski definition) is 4. The molecule has 0 unspecified atom stereocenters. The summed E-state index contributed by atoms with van der Waals surface area (Å²) in [5.74, 6) is 1.02. The summed E-state index contributed by atoms with van der Waals surface area (Å²) < 4.78 is 0. The molecule has 0 bridgehead atoms. The summed E-state index contributed by atoms with van der Waals surface area (Å²) in [5, 5.41) is 5.29. The molecule has 1 aromatic carbocycles. The Balaban J connectivity index is 1.85. The van der Waals surface area contributed by atoms with Gasteiger partial charge in [0.25, 0.3) is 0 Å². The average molecular weight is 370 g/mol. The largest absolute Gasteiger partial charge is 0.259 e. The third kappa shape index (κ3) is 4.86. The fourth-order valence-corrected chi connectivity index (χ4v) is 2.40. The van der Waals surface area contributed by atoms with Crippen molar-refractivity contribution in [2.45, 2.75) is 0 Å². The highest BCUT2D eigenvalue weighted by atomic mass is 35.5. The van der Waals surface area contributed by atoms with E-state index >= 15 is 0 Å². The van der Waals surface area contributed by atoms with E-state index in [9.17, 15) is 0 Å². The fraction of sp³-hybridized carbons (Fsp3) is 0. The number of aromatic nitrogens is 2. The van der Waals surface area contributed by atoms with E-state index in [0.29, 0.717) is 27.4 Å². The van der Waals surface area contributed by atoms with Crippen LogP contribution in [0.3, 0.4) is 0 Å². The molecular formula is C18H13Cl2N5. The van der Waals surface area contributed by atoms with E-state index in [0.717, 1.165) is 5.56 Å². The first-order chi connectivity index (χ1) is 12.2. The number of nitrogens with zero attached hydrogens (tertiary/aromatic N) is 4. The molecule has 0 spiro atoms. The lowest BCUT2D eigenvalue weighted by Crippen LogP contribution is -2.20. The zero-order chi connectivity index (χ0) is 17.5. The molecule has 2 heterocycles. The Hall–Kier alpha value is -2.76. The van der Waals surface area contributed by atoms with Crippen molar-refractivity contribution < 1.29 is 0 Å². The maximum Gasteiger partial charge on any atom is 0.174 e. The summed E-state index contributed by atoms with van der Waals surface area (Å²) in [6, 6.07) is 16.2. The number of benzene rings is 1. The van der Waals surface area contributed by atoms with Crippen LogP contribution in [0.1, 0.15) is 11.3 Å². The standard InChI is InChI=1S/C18H13Cl2N5/c19-14-8-7-13(15(20)11-14)12-23-25-18(16-5-1-3-9-21-16)24-17-6-2-4-10-22-17/h1-12H,(H,22,24,25)/b23-12+. The number of halogens is 2. The Labute approximate surface area is 155 Å². The van der Waals surface area contributed by atoms with Gasteiger partial charge in [-0.1, -0.05) is 41.4 Å². The smallest absolute Gasteiger partial charge is 0.174 e. The van der Waals surface area contributed by atoms with E-state index in [1.54, 1.807) is 42.9 Å². The lowest BCUT2D eigenvalue weighted by Gasteiger charge is -2.05. The van der Waals surface area contributed by atoms with E-state index in [1.165, 1.54) is 0 Å². The number of rotatable bonds is 4. The third-order valence-electron chi connectivity index (χ3n) is 3.12. The fourth-order valence-electron chi connectivity index (χ4n) is 1.95. The quantitative estimate of drug-likeness (QED) is 0.418. The Morgan fingerprint density at radius 1 is 0.960 bits per heavy atom. The van der Waals surface area contributed by atoms with Gasteiger partial charge in [0.2, 0.25) is 0 Å². The zero-order valence-electron chi connectivity index (χ0n) is 13.0. The van der Waals surface area contributed by atoms with Crippen molar-refractivity contribution >= 4 is 41.1 Å². The predicted octanol–water partition coefficient (Wildman–Crippen LogP) is 4.49. The topological polar surface area (TPSA) is 62.5 Å². The van der Waals surface area contributed by atoms with E-state index in [4.69, 9.17) is 23.2 Å². The molecule has 0 aliphatic heterocycles. The molecule has 0 saturated carbocycles. The van der Waals surface area contributed by atoms with Gasteiger partial charge < -0.3 is 0 Å². The number of hydrogen-bond donors (Lipinski definition) is 1. The van der Waals surface area contributed by atoms with Gasteiger partial charge in [0.1, 0.15) is 5.69 Å². The number of amidine groups is 1. The number of pyridine rings is 2. The summed E-state index contributed by atoms with van der Waals surface area (Å²) >= 11 is 12.0. The van der Waals surface area contributed by atoms with Gasteiger partial charge in [0, 0.05) is 23.0 Å². The van der Waals surface area contributed by atoms with Gasteiger partial charge in [-0.05, 0) is 36.4 Å². The normalized spacial score (nSPS) is 11.7. The molecule has 7 heteroatoms. The first-order valence-corrected chi connectivity index (χ1v) is 8.13. The van der Waals surface area contributed by atoms with Gasteiger partial charge in [-0.3, -0.25) is 10.4 Å². The van der Waals surface area contributed by atoms with Crippen molar-refractivity contribution in [3.8, 4) is 0 Å². The molecule has 0 radical (unpaired) electrons. The molecule has 0 atom stereocenters. The SMILES string of the molecule is Clc1ccc(/C=N/N/C(=N/c2ccccn2)c2ccccn2)c(Cl)c1. The molecule has 3 aromatic rings. The minimum atomic E-state index is 0.473. The molecule has 2 aromatic heterocycles. The second kappa shape index (κ2) is 8.37. The lowest BCUT2D eigenvalue weighted by molar-refractivity contribution is 1.01. The number of hydrazone groups is 1. The molecule has 5 nitrogen and oxygen atoms in total. The van der Waals surface area contributed by atoms with Crippen LogP contribution >= 0.6 is 23.2 Å². The minimum absolute atomic E-state index is 0.473. The van der Waals surface area contributed by atoms with Gasteiger partial charge >= 0.3 is 0 Å².